The summed E-state index contributed by atoms with van der Waals surface area (Å²) in [5.41, 5.74) is 0.871. The average molecular weight is 426 g/mol. The highest BCUT2D eigenvalue weighted by Crippen LogP contribution is 2.31. The first-order valence-corrected chi connectivity index (χ1v) is 10.1. The minimum Gasteiger partial charge on any atom is -0.496 e. The highest BCUT2D eigenvalue weighted by atomic mass is 35.5. The summed E-state index contributed by atoms with van der Waals surface area (Å²) < 4.78 is 31.5. The van der Waals surface area contributed by atoms with Crippen molar-refractivity contribution in [2.45, 2.75) is 18.7 Å². The third-order valence-electron chi connectivity index (χ3n) is 3.60. The van der Waals surface area contributed by atoms with Gasteiger partial charge in [0, 0.05) is 25.2 Å². The Hall–Kier alpha value is -2.62. The molecule has 0 aliphatic rings. The maximum Gasteiger partial charge on any atom is 0.259 e. The van der Waals surface area contributed by atoms with Crippen LogP contribution in [0.4, 0.5) is 11.4 Å². The first kappa shape index (κ1) is 21.7. The molecule has 0 saturated heterocycles. The van der Waals surface area contributed by atoms with Crippen LogP contribution in [0.3, 0.4) is 0 Å². The summed E-state index contributed by atoms with van der Waals surface area (Å²) in [6.45, 7) is 3.29. The van der Waals surface area contributed by atoms with Crippen LogP contribution in [0.5, 0.6) is 5.75 Å². The molecule has 2 aromatic carbocycles. The van der Waals surface area contributed by atoms with Gasteiger partial charge < -0.3 is 15.4 Å². The fourth-order valence-electron chi connectivity index (χ4n) is 2.37. The average Bonchev–Trinajstić information content (AvgIpc) is 2.63. The van der Waals surface area contributed by atoms with Crippen molar-refractivity contribution in [3.8, 4) is 5.75 Å². The van der Waals surface area contributed by atoms with Gasteiger partial charge in [-0.25, -0.2) is 13.1 Å². The second-order valence-electron chi connectivity index (χ2n) is 5.69. The molecule has 0 aromatic heterocycles. The van der Waals surface area contributed by atoms with Crippen molar-refractivity contribution in [3.63, 3.8) is 0 Å². The van der Waals surface area contributed by atoms with Crippen LogP contribution in [0.15, 0.2) is 41.3 Å². The van der Waals surface area contributed by atoms with Gasteiger partial charge in [0.2, 0.25) is 15.9 Å². The number of anilines is 2. The Balaban J connectivity index is 2.25. The van der Waals surface area contributed by atoms with Gasteiger partial charge in [-0.15, -0.1) is 0 Å². The van der Waals surface area contributed by atoms with Gasteiger partial charge in [0.25, 0.3) is 5.91 Å². The number of carbonyl (C=O) groups is 2. The number of hydrogen-bond donors (Lipinski definition) is 3. The molecule has 150 valence electrons. The number of ether oxygens (including phenoxy) is 1. The molecule has 0 spiro atoms. The van der Waals surface area contributed by atoms with E-state index in [4.69, 9.17) is 16.3 Å². The molecule has 2 aromatic rings. The molecule has 8 nitrogen and oxygen atoms in total. The summed E-state index contributed by atoms with van der Waals surface area (Å²) in [6.07, 6.45) is 0. The Kier molecular flexibility index (Phi) is 7.00. The highest BCUT2D eigenvalue weighted by Gasteiger charge is 2.17. The number of methoxy groups -OCH3 is 1. The largest absolute Gasteiger partial charge is 0.496 e. The van der Waals surface area contributed by atoms with E-state index >= 15 is 0 Å². The number of nitrogens with one attached hydrogen (secondary N) is 3. The van der Waals surface area contributed by atoms with E-state index in [1.54, 1.807) is 6.92 Å². The van der Waals surface area contributed by atoms with E-state index in [-0.39, 0.29) is 33.7 Å². The maximum atomic E-state index is 12.6. The number of hydrogen-bond acceptors (Lipinski definition) is 5. The van der Waals surface area contributed by atoms with Crippen LogP contribution in [-0.2, 0) is 14.8 Å². The summed E-state index contributed by atoms with van der Waals surface area (Å²) in [5, 5.41) is 5.37. The fourth-order valence-corrected chi connectivity index (χ4v) is 3.63. The van der Waals surface area contributed by atoms with Gasteiger partial charge in [0.05, 0.1) is 28.3 Å². The summed E-state index contributed by atoms with van der Waals surface area (Å²) in [5.74, 6) is -0.596. The number of halogens is 1. The van der Waals surface area contributed by atoms with Crippen LogP contribution in [-0.4, -0.2) is 33.9 Å². The van der Waals surface area contributed by atoms with Crippen LogP contribution in [0.2, 0.25) is 5.02 Å². The van der Waals surface area contributed by atoms with E-state index < -0.39 is 15.9 Å². The Morgan fingerprint density at radius 1 is 1.11 bits per heavy atom. The Morgan fingerprint density at radius 2 is 1.75 bits per heavy atom. The molecule has 0 heterocycles. The van der Waals surface area contributed by atoms with E-state index in [0.717, 1.165) is 0 Å². The molecular weight excluding hydrogens is 406 g/mol. The van der Waals surface area contributed by atoms with Crippen LogP contribution in [0.1, 0.15) is 24.2 Å². The third-order valence-corrected chi connectivity index (χ3v) is 5.48. The lowest BCUT2D eigenvalue weighted by Crippen LogP contribution is -2.23. The minimum absolute atomic E-state index is 0.0904. The molecule has 0 fully saturated rings. The van der Waals surface area contributed by atoms with E-state index in [0.29, 0.717) is 11.4 Å². The SMILES string of the molecule is CCNS(=O)(=O)c1ccc(NC(=O)c2cc(Cl)c(NC(C)=O)cc2OC)cc1. The number of rotatable bonds is 7. The first-order chi connectivity index (χ1) is 13.2. The molecule has 3 N–H and O–H groups in total. The summed E-state index contributed by atoms with van der Waals surface area (Å²) >= 11 is 6.13. The molecule has 10 heteroatoms. The molecule has 0 aliphatic heterocycles. The lowest BCUT2D eigenvalue weighted by atomic mass is 10.1. The zero-order valence-corrected chi connectivity index (χ0v) is 17.1. The zero-order valence-electron chi connectivity index (χ0n) is 15.5. The lowest BCUT2D eigenvalue weighted by molar-refractivity contribution is -0.114. The van der Waals surface area contributed by atoms with Crippen molar-refractivity contribution >= 4 is 44.8 Å². The van der Waals surface area contributed by atoms with E-state index in [9.17, 15) is 18.0 Å². The molecule has 28 heavy (non-hydrogen) atoms. The number of sulfonamides is 1. The molecule has 0 aliphatic carbocycles. The predicted octanol–water partition coefficient (Wildman–Crippen LogP) is 2.86. The molecule has 0 bridgehead atoms. The minimum atomic E-state index is -3.57. The summed E-state index contributed by atoms with van der Waals surface area (Å²) in [6, 6.07) is 8.55. The second kappa shape index (κ2) is 9.05. The predicted molar refractivity (Wildman–Crippen MR) is 108 cm³/mol. The van der Waals surface area contributed by atoms with Crippen LogP contribution < -0.4 is 20.1 Å². The standard InChI is InChI=1S/C18H20ClN3O5S/c1-4-20-28(25,26)13-7-5-12(6-8-13)22-18(24)14-9-15(19)16(21-11(2)23)10-17(14)27-3/h5-10,20H,4H2,1-3H3,(H,21,23)(H,22,24). The number of amides is 2. The van der Waals surface area contributed by atoms with Crippen molar-refractivity contribution in [2.24, 2.45) is 0 Å². The summed E-state index contributed by atoms with van der Waals surface area (Å²) in [7, 11) is -2.19. The van der Waals surface area contributed by atoms with Gasteiger partial charge in [-0.2, -0.15) is 0 Å². The number of carbonyl (C=O) groups excluding carboxylic acids is 2. The quantitative estimate of drug-likeness (QED) is 0.631. The van der Waals surface area contributed by atoms with Gasteiger partial charge >= 0.3 is 0 Å². The van der Waals surface area contributed by atoms with Gasteiger partial charge in [-0.3, -0.25) is 9.59 Å². The van der Waals surface area contributed by atoms with Crippen molar-refractivity contribution in [3.05, 3.63) is 47.0 Å². The van der Waals surface area contributed by atoms with E-state index in [2.05, 4.69) is 15.4 Å². The van der Waals surface area contributed by atoms with Gasteiger partial charge in [0.1, 0.15) is 5.75 Å². The monoisotopic (exact) mass is 425 g/mol. The van der Waals surface area contributed by atoms with Crippen molar-refractivity contribution < 1.29 is 22.7 Å². The van der Waals surface area contributed by atoms with Crippen LogP contribution >= 0.6 is 11.6 Å². The topological polar surface area (TPSA) is 114 Å². The van der Waals surface area contributed by atoms with Gasteiger partial charge in [-0.05, 0) is 30.3 Å². The Bertz CT molecular complexity index is 991. The molecule has 0 atom stereocenters. The normalized spacial score (nSPS) is 11.0. The molecule has 2 amide bonds. The van der Waals surface area contributed by atoms with Crippen molar-refractivity contribution in [1.82, 2.24) is 4.72 Å². The van der Waals surface area contributed by atoms with E-state index in [1.165, 1.54) is 50.4 Å². The lowest BCUT2D eigenvalue weighted by Gasteiger charge is -2.13. The van der Waals surface area contributed by atoms with Gasteiger partial charge in [-0.1, -0.05) is 18.5 Å². The smallest absolute Gasteiger partial charge is 0.259 e. The molecule has 0 radical (unpaired) electrons. The number of benzene rings is 2. The first-order valence-electron chi connectivity index (χ1n) is 8.24. The van der Waals surface area contributed by atoms with Crippen LogP contribution in [0.25, 0.3) is 0 Å². The molecule has 0 saturated carbocycles. The molecule has 2 rings (SSSR count). The fraction of sp³-hybridized carbons (Fsp3) is 0.222. The second-order valence-corrected chi connectivity index (χ2v) is 7.87. The maximum absolute atomic E-state index is 12.6. The Labute approximate surface area is 168 Å². The molecular formula is C18H20ClN3O5S. The van der Waals surface area contributed by atoms with Crippen molar-refractivity contribution in [2.75, 3.05) is 24.3 Å². The van der Waals surface area contributed by atoms with Crippen LogP contribution in [0, 0.1) is 0 Å². The Morgan fingerprint density at radius 3 is 2.29 bits per heavy atom. The highest BCUT2D eigenvalue weighted by molar-refractivity contribution is 7.89. The van der Waals surface area contributed by atoms with Gasteiger partial charge in [0.15, 0.2) is 0 Å². The zero-order chi connectivity index (χ0) is 20.9. The summed E-state index contributed by atoms with van der Waals surface area (Å²) in [4.78, 5) is 23.9. The van der Waals surface area contributed by atoms with Crippen molar-refractivity contribution in [1.29, 1.82) is 0 Å². The third kappa shape index (κ3) is 5.22. The van der Waals surface area contributed by atoms with E-state index in [1.807, 2.05) is 0 Å². The molecule has 0 unspecified atom stereocenters.